The molecular formula is C25H25N3O2. The van der Waals surface area contributed by atoms with E-state index in [0.29, 0.717) is 24.6 Å². The van der Waals surface area contributed by atoms with Crippen molar-refractivity contribution in [3.8, 4) is 5.75 Å². The number of piperidine rings is 1. The van der Waals surface area contributed by atoms with Crippen LogP contribution in [-0.2, 0) is 13.0 Å². The Labute approximate surface area is 176 Å². The predicted molar refractivity (Wildman–Crippen MR) is 116 cm³/mol. The predicted octanol–water partition coefficient (Wildman–Crippen LogP) is 5.25. The van der Waals surface area contributed by atoms with Crippen molar-refractivity contribution in [1.29, 1.82) is 0 Å². The van der Waals surface area contributed by atoms with Gasteiger partial charge in [0, 0.05) is 36.8 Å². The first kappa shape index (κ1) is 18.8. The highest BCUT2D eigenvalue weighted by molar-refractivity contribution is 5.84. The van der Waals surface area contributed by atoms with Gasteiger partial charge in [0.2, 0.25) is 0 Å². The molecule has 0 amide bonds. The number of fused-ring (bicyclic) bond motifs is 1. The molecule has 30 heavy (non-hydrogen) atoms. The summed E-state index contributed by atoms with van der Waals surface area (Å²) < 4.78 is 5.77. The molecule has 3 heterocycles. The smallest absolute Gasteiger partial charge is 0.175 e. The summed E-state index contributed by atoms with van der Waals surface area (Å²) in [5, 5.41) is 16.0. The highest BCUT2D eigenvalue weighted by Gasteiger charge is 2.27. The van der Waals surface area contributed by atoms with Crippen molar-refractivity contribution in [1.82, 2.24) is 15.0 Å². The molecule has 1 N–H and O–H groups in total. The number of pyridine rings is 1. The summed E-state index contributed by atoms with van der Waals surface area (Å²) in [6, 6.07) is 18.4. The molecule has 1 saturated heterocycles. The molecular weight excluding hydrogens is 374 g/mol. The van der Waals surface area contributed by atoms with Crippen LogP contribution < -0.4 is 0 Å². The molecule has 2 aromatic carbocycles. The van der Waals surface area contributed by atoms with Crippen LogP contribution in [0.1, 0.15) is 47.7 Å². The van der Waals surface area contributed by atoms with Crippen molar-refractivity contribution >= 4 is 11.0 Å². The number of phenols is 1. The van der Waals surface area contributed by atoms with E-state index in [-0.39, 0.29) is 5.75 Å². The lowest BCUT2D eigenvalue weighted by Crippen LogP contribution is -2.33. The Bertz CT molecular complexity index is 1130. The highest BCUT2D eigenvalue weighted by Crippen LogP contribution is 2.36. The quantitative estimate of drug-likeness (QED) is 0.497. The van der Waals surface area contributed by atoms with Gasteiger partial charge in [0.15, 0.2) is 5.58 Å². The Morgan fingerprint density at radius 1 is 1.03 bits per heavy atom. The summed E-state index contributed by atoms with van der Waals surface area (Å²) in [6.07, 6.45) is 7.93. The molecule has 0 spiro atoms. The zero-order valence-corrected chi connectivity index (χ0v) is 16.9. The molecule has 1 atom stereocenters. The second-order valence-electron chi connectivity index (χ2n) is 8.00. The number of likely N-dealkylation sites (tertiary alicyclic amines) is 1. The van der Waals surface area contributed by atoms with Gasteiger partial charge in [-0.1, -0.05) is 48.0 Å². The average Bonchev–Trinajstić information content (AvgIpc) is 3.20. The van der Waals surface area contributed by atoms with Gasteiger partial charge in [0.1, 0.15) is 5.75 Å². The zero-order valence-electron chi connectivity index (χ0n) is 16.9. The molecule has 0 aliphatic carbocycles. The van der Waals surface area contributed by atoms with E-state index >= 15 is 0 Å². The van der Waals surface area contributed by atoms with Gasteiger partial charge >= 0.3 is 0 Å². The first-order valence-electron chi connectivity index (χ1n) is 10.6. The van der Waals surface area contributed by atoms with E-state index in [0.717, 1.165) is 36.0 Å². The first-order valence-corrected chi connectivity index (χ1v) is 10.6. The summed E-state index contributed by atoms with van der Waals surface area (Å²) in [5.74, 6) is 0.264. The molecule has 0 unspecified atom stereocenters. The Morgan fingerprint density at radius 3 is 2.77 bits per heavy atom. The maximum atomic E-state index is 10.7. The summed E-state index contributed by atoms with van der Waals surface area (Å²) in [6.45, 7) is 1.61. The monoisotopic (exact) mass is 399 g/mol. The third-order valence-electron chi connectivity index (χ3n) is 6.05. The van der Waals surface area contributed by atoms with Crippen LogP contribution in [0, 0.1) is 0 Å². The molecule has 0 saturated carbocycles. The van der Waals surface area contributed by atoms with Crippen molar-refractivity contribution in [2.75, 3.05) is 6.54 Å². The van der Waals surface area contributed by atoms with Gasteiger partial charge in [-0.3, -0.25) is 9.88 Å². The molecule has 1 fully saturated rings. The second kappa shape index (κ2) is 8.28. The van der Waals surface area contributed by atoms with E-state index in [9.17, 15) is 5.11 Å². The van der Waals surface area contributed by atoms with E-state index in [2.05, 4.69) is 33.2 Å². The van der Waals surface area contributed by atoms with E-state index < -0.39 is 0 Å². The fraction of sp³-hybridized carbons (Fsp3) is 0.280. The number of aromatic hydroxyl groups is 1. The van der Waals surface area contributed by atoms with Crippen LogP contribution in [0.25, 0.3) is 11.0 Å². The second-order valence-corrected chi connectivity index (χ2v) is 8.00. The molecule has 1 aliphatic rings. The lowest BCUT2D eigenvalue weighted by molar-refractivity contribution is 0.139. The van der Waals surface area contributed by atoms with Crippen molar-refractivity contribution in [3.05, 3.63) is 89.4 Å². The molecule has 5 rings (SSSR count). The van der Waals surface area contributed by atoms with Gasteiger partial charge in [0.25, 0.3) is 0 Å². The minimum absolute atomic E-state index is 0.264. The maximum absolute atomic E-state index is 10.7. The summed E-state index contributed by atoms with van der Waals surface area (Å²) in [4.78, 5) is 6.73. The number of rotatable bonds is 5. The van der Waals surface area contributed by atoms with Gasteiger partial charge in [0.05, 0.1) is 11.3 Å². The molecule has 4 aromatic rings. The van der Waals surface area contributed by atoms with E-state index in [1.54, 1.807) is 6.07 Å². The highest BCUT2D eigenvalue weighted by atomic mass is 16.5. The topological polar surface area (TPSA) is 62.4 Å². The Morgan fingerprint density at radius 2 is 1.93 bits per heavy atom. The van der Waals surface area contributed by atoms with Gasteiger partial charge in [-0.25, -0.2) is 0 Å². The van der Waals surface area contributed by atoms with E-state index in [1.165, 1.54) is 17.5 Å². The van der Waals surface area contributed by atoms with Crippen LogP contribution in [0.3, 0.4) is 0 Å². The number of hydrogen-bond acceptors (Lipinski definition) is 5. The number of nitrogens with zero attached hydrogens (tertiary/aromatic N) is 3. The first-order chi connectivity index (χ1) is 14.8. The third kappa shape index (κ3) is 3.68. The normalized spacial score (nSPS) is 17.4. The summed E-state index contributed by atoms with van der Waals surface area (Å²) >= 11 is 0. The van der Waals surface area contributed by atoms with E-state index in [1.807, 2.05) is 42.7 Å². The summed E-state index contributed by atoms with van der Waals surface area (Å²) in [5.41, 5.74) is 4.83. The van der Waals surface area contributed by atoms with Crippen LogP contribution in [-0.4, -0.2) is 26.7 Å². The maximum Gasteiger partial charge on any atom is 0.175 e. The van der Waals surface area contributed by atoms with Gasteiger partial charge in [-0.05, 0) is 48.7 Å². The molecule has 1 aliphatic heterocycles. The standard InChI is InChI=1S/C25H25N3O2/c29-24-12-11-20-22(15-18-7-2-1-3-8-18)27-30-25(20)21(24)17-28-14-5-4-10-23(28)19-9-6-13-26-16-19/h1-3,6-9,11-13,16,23,29H,4-5,10,14-15,17H2/t23-/m0/s1. The molecule has 5 nitrogen and oxygen atoms in total. The third-order valence-corrected chi connectivity index (χ3v) is 6.05. The molecule has 0 bridgehead atoms. The lowest BCUT2D eigenvalue weighted by Gasteiger charge is -2.36. The number of aromatic nitrogens is 2. The lowest BCUT2D eigenvalue weighted by atomic mass is 9.95. The number of hydrogen-bond donors (Lipinski definition) is 1. The van der Waals surface area contributed by atoms with Crippen molar-refractivity contribution < 1.29 is 9.63 Å². The molecule has 152 valence electrons. The average molecular weight is 399 g/mol. The fourth-order valence-electron chi connectivity index (χ4n) is 4.50. The Kier molecular flexibility index (Phi) is 5.20. The minimum Gasteiger partial charge on any atom is -0.507 e. The van der Waals surface area contributed by atoms with Gasteiger partial charge in [-0.2, -0.15) is 0 Å². The van der Waals surface area contributed by atoms with Crippen LogP contribution >= 0.6 is 0 Å². The zero-order chi connectivity index (χ0) is 20.3. The fourth-order valence-corrected chi connectivity index (χ4v) is 4.50. The van der Waals surface area contributed by atoms with Gasteiger partial charge in [-0.15, -0.1) is 0 Å². The van der Waals surface area contributed by atoms with Crippen LogP contribution in [0.4, 0.5) is 0 Å². The molecule has 5 heteroatoms. The molecule has 2 aromatic heterocycles. The van der Waals surface area contributed by atoms with Crippen molar-refractivity contribution in [2.24, 2.45) is 0 Å². The largest absolute Gasteiger partial charge is 0.507 e. The summed E-state index contributed by atoms with van der Waals surface area (Å²) in [7, 11) is 0. The van der Waals surface area contributed by atoms with Crippen LogP contribution in [0.15, 0.2) is 71.5 Å². The van der Waals surface area contributed by atoms with Crippen LogP contribution in [0.5, 0.6) is 5.75 Å². The number of phenolic OH excluding ortho intramolecular Hbond substituents is 1. The van der Waals surface area contributed by atoms with E-state index in [4.69, 9.17) is 4.52 Å². The van der Waals surface area contributed by atoms with Crippen LogP contribution in [0.2, 0.25) is 0 Å². The van der Waals surface area contributed by atoms with Gasteiger partial charge < -0.3 is 9.63 Å². The van der Waals surface area contributed by atoms with Crippen molar-refractivity contribution in [3.63, 3.8) is 0 Å². The Balaban J connectivity index is 1.47. The SMILES string of the molecule is Oc1ccc2c(Cc3ccccc3)noc2c1CN1CCCC[C@H]1c1cccnc1. The minimum atomic E-state index is 0.264. The Hall–Kier alpha value is -3.18. The number of benzene rings is 2. The molecule has 0 radical (unpaired) electrons. The van der Waals surface area contributed by atoms with Crippen molar-refractivity contribution in [2.45, 2.75) is 38.3 Å².